The van der Waals surface area contributed by atoms with E-state index in [4.69, 9.17) is 4.74 Å². The van der Waals surface area contributed by atoms with Crippen LogP contribution < -0.4 is 5.32 Å². The van der Waals surface area contributed by atoms with Crippen molar-refractivity contribution in [2.24, 2.45) is 0 Å². The van der Waals surface area contributed by atoms with E-state index in [9.17, 15) is 4.79 Å². The van der Waals surface area contributed by atoms with Gasteiger partial charge >= 0.3 is 0 Å². The van der Waals surface area contributed by atoms with E-state index in [0.29, 0.717) is 12.4 Å². The number of rotatable bonds is 9. The van der Waals surface area contributed by atoms with Gasteiger partial charge in [-0.3, -0.25) is 4.79 Å². The molecule has 1 aromatic carbocycles. The first-order valence-corrected chi connectivity index (χ1v) is 10.1. The molecule has 0 aliphatic heterocycles. The fourth-order valence-electron chi connectivity index (χ4n) is 2.89. The molecule has 0 aliphatic rings. The summed E-state index contributed by atoms with van der Waals surface area (Å²) >= 11 is 1.47. The molecule has 26 heavy (non-hydrogen) atoms. The largest absolute Gasteiger partial charge is 0.383 e. The van der Waals surface area contributed by atoms with Crippen LogP contribution >= 0.6 is 11.8 Å². The van der Waals surface area contributed by atoms with E-state index < -0.39 is 0 Å². The highest BCUT2D eigenvalue weighted by Gasteiger charge is 2.15. The minimum atomic E-state index is 0.00203. The lowest BCUT2D eigenvalue weighted by Crippen LogP contribution is -2.17. The average Bonchev–Trinajstić information content (AvgIpc) is 2.92. The van der Waals surface area contributed by atoms with Crippen molar-refractivity contribution < 1.29 is 9.53 Å². The molecule has 0 bridgehead atoms. The van der Waals surface area contributed by atoms with Crippen molar-refractivity contribution in [3.8, 4) is 0 Å². The van der Waals surface area contributed by atoms with E-state index in [-0.39, 0.29) is 5.91 Å². The molecule has 1 aromatic heterocycles. The van der Waals surface area contributed by atoms with Gasteiger partial charge in [0, 0.05) is 25.0 Å². The molecule has 0 saturated heterocycles. The highest BCUT2D eigenvalue weighted by atomic mass is 32.2. The first-order valence-electron chi connectivity index (χ1n) is 9.07. The molecule has 2 aromatic rings. The highest BCUT2D eigenvalue weighted by Crippen LogP contribution is 2.24. The Bertz CT molecular complexity index is 734. The van der Waals surface area contributed by atoms with Crippen molar-refractivity contribution in [2.45, 2.75) is 52.2 Å². The van der Waals surface area contributed by atoms with Crippen molar-refractivity contribution in [1.29, 1.82) is 0 Å². The van der Waals surface area contributed by atoms with Crippen LogP contribution in [0.3, 0.4) is 0 Å². The van der Waals surface area contributed by atoms with E-state index in [2.05, 4.69) is 46.9 Å². The second-order valence-corrected chi connectivity index (χ2v) is 7.15. The van der Waals surface area contributed by atoms with E-state index in [1.54, 1.807) is 7.11 Å². The third kappa shape index (κ3) is 4.89. The number of hydrogen-bond acceptors (Lipinski definition) is 4. The molecule has 0 unspecified atom stereocenters. The van der Waals surface area contributed by atoms with Crippen molar-refractivity contribution >= 4 is 23.4 Å². The summed E-state index contributed by atoms with van der Waals surface area (Å²) in [6, 6.07) is 6.21. The number of para-hydroxylation sites is 1. The van der Waals surface area contributed by atoms with Crippen LogP contribution in [0.2, 0.25) is 0 Å². The number of thioether (sulfide) groups is 1. The zero-order valence-corrected chi connectivity index (χ0v) is 17.2. The van der Waals surface area contributed by atoms with Crippen LogP contribution in [0.15, 0.2) is 23.4 Å². The zero-order valence-electron chi connectivity index (χ0n) is 16.4. The molecule has 0 fully saturated rings. The monoisotopic (exact) mass is 375 g/mol. The predicted octanol–water partition coefficient (Wildman–Crippen LogP) is 4.00. The normalized spacial score (nSPS) is 11.0. The fourth-order valence-corrected chi connectivity index (χ4v) is 3.81. The molecule has 1 amide bonds. The van der Waals surface area contributed by atoms with Gasteiger partial charge in [-0.15, -0.1) is 0 Å². The quantitative estimate of drug-likeness (QED) is 0.673. The van der Waals surface area contributed by atoms with Gasteiger partial charge in [-0.2, -0.15) is 0 Å². The van der Waals surface area contributed by atoms with Crippen LogP contribution in [0, 0.1) is 13.8 Å². The lowest BCUT2D eigenvalue weighted by Gasteiger charge is -2.14. The number of aromatic nitrogens is 2. The van der Waals surface area contributed by atoms with Gasteiger partial charge in [-0.25, -0.2) is 4.98 Å². The molecular weight excluding hydrogens is 346 g/mol. The number of imidazole rings is 1. The number of amides is 1. The van der Waals surface area contributed by atoms with E-state index >= 15 is 0 Å². The van der Waals surface area contributed by atoms with Crippen LogP contribution in [0.4, 0.5) is 5.69 Å². The number of hydrogen-bond donors (Lipinski definition) is 1. The molecule has 0 saturated carbocycles. The van der Waals surface area contributed by atoms with Gasteiger partial charge in [0.05, 0.1) is 18.1 Å². The molecule has 142 valence electrons. The average molecular weight is 376 g/mol. The van der Waals surface area contributed by atoms with E-state index in [0.717, 1.165) is 41.6 Å². The molecule has 2 rings (SSSR count). The molecule has 0 atom stereocenters. The van der Waals surface area contributed by atoms with Crippen molar-refractivity contribution in [1.82, 2.24) is 9.55 Å². The summed E-state index contributed by atoms with van der Waals surface area (Å²) in [6.45, 7) is 9.63. The van der Waals surface area contributed by atoms with Crippen LogP contribution in [-0.2, 0) is 28.9 Å². The van der Waals surface area contributed by atoms with Gasteiger partial charge < -0.3 is 14.6 Å². The topological polar surface area (TPSA) is 56.2 Å². The number of carbonyl (C=O) groups excluding carboxylic acids is 1. The summed E-state index contributed by atoms with van der Waals surface area (Å²) in [4.78, 5) is 17.1. The molecule has 0 radical (unpaired) electrons. The SMILES string of the molecule is CCc1cccc(CC)c1NC(=O)CSc1nc(C)c(C)n1CCOC. The predicted molar refractivity (Wildman–Crippen MR) is 108 cm³/mol. The number of methoxy groups -OCH3 is 1. The van der Waals surface area contributed by atoms with Crippen LogP contribution in [0.25, 0.3) is 0 Å². The maximum Gasteiger partial charge on any atom is 0.234 e. The molecular formula is C20H29N3O2S. The number of nitrogens with one attached hydrogen (secondary N) is 1. The highest BCUT2D eigenvalue weighted by molar-refractivity contribution is 7.99. The Morgan fingerprint density at radius 2 is 1.88 bits per heavy atom. The maximum atomic E-state index is 12.5. The van der Waals surface area contributed by atoms with Gasteiger partial charge in [0.15, 0.2) is 5.16 Å². The van der Waals surface area contributed by atoms with Gasteiger partial charge in [0.1, 0.15) is 0 Å². The first kappa shape index (κ1) is 20.5. The summed E-state index contributed by atoms with van der Waals surface area (Å²) in [5.41, 5.74) is 5.44. The smallest absolute Gasteiger partial charge is 0.234 e. The first-order chi connectivity index (χ1) is 12.5. The lowest BCUT2D eigenvalue weighted by atomic mass is 10.0. The number of ether oxygens (including phenoxy) is 1. The third-order valence-corrected chi connectivity index (χ3v) is 5.51. The fraction of sp³-hybridized carbons (Fsp3) is 0.500. The number of nitrogens with zero attached hydrogens (tertiary/aromatic N) is 2. The Morgan fingerprint density at radius 3 is 2.46 bits per heavy atom. The van der Waals surface area contributed by atoms with Gasteiger partial charge in [-0.05, 0) is 37.8 Å². The molecule has 5 nitrogen and oxygen atoms in total. The Balaban J connectivity index is 2.07. The van der Waals surface area contributed by atoms with Gasteiger partial charge in [-0.1, -0.05) is 43.8 Å². The van der Waals surface area contributed by atoms with Gasteiger partial charge in [0.2, 0.25) is 5.91 Å². The van der Waals surface area contributed by atoms with Crippen molar-refractivity contribution in [3.05, 3.63) is 40.7 Å². The molecule has 0 aliphatic carbocycles. The molecule has 1 N–H and O–H groups in total. The summed E-state index contributed by atoms with van der Waals surface area (Å²) < 4.78 is 7.30. The summed E-state index contributed by atoms with van der Waals surface area (Å²) in [7, 11) is 1.69. The van der Waals surface area contributed by atoms with Crippen LogP contribution in [0.5, 0.6) is 0 Å². The zero-order chi connectivity index (χ0) is 19.1. The van der Waals surface area contributed by atoms with E-state index in [1.807, 2.05) is 13.8 Å². The molecule has 0 spiro atoms. The minimum Gasteiger partial charge on any atom is -0.383 e. The Labute approximate surface area is 160 Å². The minimum absolute atomic E-state index is 0.00203. The van der Waals surface area contributed by atoms with Gasteiger partial charge in [0.25, 0.3) is 0 Å². The number of anilines is 1. The summed E-state index contributed by atoms with van der Waals surface area (Å²) in [6.07, 6.45) is 1.80. The number of carbonyl (C=O) groups is 1. The molecule has 1 heterocycles. The van der Waals surface area contributed by atoms with Crippen molar-refractivity contribution in [3.63, 3.8) is 0 Å². The summed E-state index contributed by atoms with van der Waals surface area (Å²) in [5.74, 6) is 0.339. The van der Waals surface area contributed by atoms with Crippen molar-refractivity contribution in [2.75, 3.05) is 24.8 Å². The van der Waals surface area contributed by atoms with Crippen LogP contribution in [0.1, 0.15) is 36.4 Å². The Hall–Kier alpha value is -1.79. The summed E-state index contributed by atoms with van der Waals surface area (Å²) in [5, 5.41) is 3.98. The molecule has 6 heteroatoms. The standard InChI is InChI=1S/C20H29N3O2S/c1-6-16-9-8-10-17(7-2)19(16)22-18(24)13-26-20-21-14(3)15(4)23(20)11-12-25-5/h8-10H,6-7,11-13H2,1-5H3,(H,22,24). The second-order valence-electron chi connectivity index (χ2n) is 6.20. The maximum absolute atomic E-state index is 12.5. The van der Waals surface area contributed by atoms with Crippen LogP contribution in [-0.4, -0.2) is 34.9 Å². The Morgan fingerprint density at radius 1 is 1.23 bits per heavy atom. The Kier molecular flexibility index (Phi) is 7.72. The number of aryl methyl sites for hydroxylation is 3. The third-order valence-electron chi connectivity index (χ3n) is 4.54. The second kappa shape index (κ2) is 9.78. The van der Waals surface area contributed by atoms with E-state index in [1.165, 1.54) is 22.9 Å². The lowest BCUT2D eigenvalue weighted by molar-refractivity contribution is -0.113. The number of benzene rings is 1.